The summed E-state index contributed by atoms with van der Waals surface area (Å²) >= 11 is 1.93. The van der Waals surface area contributed by atoms with Gasteiger partial charge in [0.2, 0.25) is 0 Å². The fourth-order valence-electron chi connectivity index (χ4n) is 3.53. The number of rotatable bonds is 4. The third-order valence-corrected chi connectivity index (χ3v) is 6.07. The van der Waals surface area contributed by atoms with Gasteiger partial charge in [-0.15, -0.1) is 0 Å². The fourth-order valence-corrected chi connectivity index (χ4v) is 4.71. The van der Waals surface area contributed by atoms with Gasteiger partial charge >= 0.3 is 0 Å². The van der Waals surface area contributed by atoms with E-state index in [1.807, 2.05) is 11.8 Å². The highest BCUT2D eigenvalue weighted by atomic mass is 32.2. The van der Waals surface area contributed by atoms with Gasteiger partial charge in [0.1, 0.15) is 0 Å². The Hall–Kier alpha value is -0.220. The lowest BCUT2D eigenvalue weighted by molar-refractivity contribution is 0.0624. The van der Waals surface area contributed by atoms with E-state index in [0.29, 0.717) is 11.5 Å². The van der Waals surface area contributed by atoms with E-state index in [9.17, 15) is 0 Å². The fraction of sp³-hybridized carbons (Fsp3) is 0.933. The molecule has 108 valence electrons. The van der Waals surface area contributed by atoms with E-state index >= 15 is 0 Å². The standard InChI is InChI=1S/C15H26N2OS/c1-2-6-13(5-1)18-10-9-16-14-17-11-15(12-19-14)7-3-4-8-15/h13H,1-12H2,(H,16,17). The van der Waals surface area contributed by atoms with Crippen molar-refractivity contribution in [2.45, 2.75) is 57.5 Å². The first-order valence-corrected chi connectivity index (χ1v) is 8.88. The topological polar surface area (TPSA) is 33.6 Å². The van der Waals surface area contributed by atoms with Crippen molar-refractivity contribution in [2.24, 2.45) is 10.4 Å². The molecule has 1 N–H and O–H groups in total. The van der Waals surface area contributed by atoms with Crippen molar-refractivity contribution >= 4 is 16.9 Å². The number of thioether (sulfide) groups is 1. The number of hydrogen-bond acceptors (Lipinski definition) is 4. The molecule has 0 bridgehead atoms. The van der Waals surface area contributed by atoms with Crippen LogP contribution in [0.15, 0.2) is 4.99 Å². The molecule has 3 rings (SSSR count). The van der Waals surface area contributed by atoms with E-state index in [1.165, 1.54) is 57.1 Å². The maximum Gasteiger partial charge on any atom is 0.156 e. The van der Waals surface area contributed by atoms with Gasteiger partial charge in [-0.25, -0.2) is 0 Å². The van der Waals surface area contributed by atoms with Crippen LogP contribution < -0.4 is 5.32 Å². The zero-order chi connectivity index (χ0) is 13.0. The normalized spacial score (nSPS) is 26.8. The van der Waals surface area contributed by atoms with Crippen LogP contribution in [0.2, 0.25) is 0 Å². The van der Waals surface area contributed by atoms with Gasteiger partial charge in [0.05, 0.1) is 12.7 Å². The molecule has 2 aliphatic carbocycles. The monoisotopic (exact) mass is 282 g/mol. The number of aliphatic imine (C=N–C) groups is 1. The van der Waals surface area contributed by atoms with Crippen LogP contribution in [0.3, 0.4) is 0 Å². The second kappa shape index (κ2) is 6.49. The van der Waals surface area contributed by atoms with E-state index in [1.54, 1.807) is 0 Å². The Bertz CT molecular complexity index is 320. The van der Waals surface area contributed by atoms with Crippen LogP contribution in [-0.2, 0) is 4.74 Å². The second-order valence-electron chi connectivity index (χ2n) is 6.32. The Balaban J connectivity index is 1.33. The largest absolute Gasteiger partial charge is 0.376 e. The Morgan fingerprint density at radius 1 is 1.21 bits per heavy atom. The summed E-state index contributed by atoms with van der Waals surface area (Å²) in [4.78, 5) is 4.75. The predicted molar refractivity (Wildman–Crippen MR) is 81.9 cm³/mol. The first-order chi connectivity index (χ1) is 9.36. The molecule has 3 aliphatic rings. The minimum absolute atomic E-state index is 0.532. The molecular weight excluding hydrogens is 256 g/mol. The molecule has 1 aliphatic heterocycles. The maximum absolute atomic E-state index is 5.86. The van der Waals surface area contributed by atoms with E-state index in [2.05, 4.69) is 5.32 Å². The van der Waals surface area contributed by atoms with Crippen molar-refractivity contribution in [1.29, 1.82) is 0 Å². The summed E-state index contributed by atoms with van der Waals surface area (Å²) in [6.07, 6.45) is 11.4. The van der Waals surface area contributed by atoms with Gasteiger partial charge in [-0.1, -0.05) is 37.4 Å². The van der Waals surface area contributed by atoms with Gasteiger partial charge in [-0.3, -0.25) is 4.99 Å². The number of ether oxygens (including phenoxy) is 1. The van der Waals surface area contributed by atoms with Crippen LogP contribution in [-0.4, -0.2) is 36.7 Å². The number of nitrogens with one attached hydrogen (secondary N) is 1. The summed E-state index contributed by atoms with van der Waals surface area (Å²) in [5, 5.41) is 4.59. The van der Waals surface area contributed by atoms with Crippen molar-refractivity contribution in [2.75, 3.05) is 25.4 Å². The van der Waals surface area contributed by atoms with Crippen molar-refractivity contribution in [1.82, 2.24) is 5.32 Å². The molecular formula is C15H26N2OS. The van der Waals surface area contributed by atoms with Crippen LogP contribution in [0, 0.1) is 5.41 Å². The van der Waals surface area contributed by atoms with Gasteiger partial charge in [-0.2, -0.15) is 0 Å². The Morgan fingerprint density at radius 3 is 2.68 bits per heavy atom. The average molecular weight is 282 g/mol. The van der Waals surface area contributed by atoms with Crippen LogP contribution in [0.5, 0.6) is 0 Å². The molecule has 0 radical (unpaired) electrons. The van der Waals surface area contributed by atoms with E-state index in [0.717, 1.165) is 24.9 Å². The van der Waals surface area contributed by atoms with Crippen LogP contribution in [0.25, 0.3) is 0 Å². The zero-order valence-electron chi connectivity index (χ0n) is 11.8. The maximum atomic E-state index is 5.86. The summed E-state index contributed by atoms with van der Waals surface area (Å²) in [6.45, 7) is 2.79. The van der Waals surface area contributed by atoms with Crippen molar-refractivity contribution in [3.63, 3.8) is 0 Å². The molecule has 0 unspecified atom stereocenters. The molecule has 19 heavy (non-hydrogen) atoms. The summed E-state index contributed by atoms with van der Waals surface area (Å²) in [5.74, 6) is 1.27. The minimum Gasteiger partial charge on any atom is -0.376 e. The molecule has 1 spiro atoms. The Kier molecular flexibility index (Phi) is 4.69. The molecule has 2 saturated carbocycles. The molecule has 0 amide bonds. The van der Waals surface area contributed by atoms with E-state index < -0.39 is 0 Å². The SMILES string of the molecule is C1CCC(OCCNC2=NCC3(CCCC3)CS2)C1. The highest BCUT2D eigenvalue weighted by molar-refractivity contribution is 8.13. The molecule has 0 atom stereocenters. The second-order valence-corrected chi connectivity index (χ2v) is 7.29. The Morgan fingerprint density at radius 2 is 2.00 bits per heavy atom. The van der Waals surface area contributed by atoms with Crippen LogP contribution >= 0.6 is 11.8 Å². The van der Waals surface area contributed by atoms with Gasteiger partial charge in [0.15, 0.2) is 5.17 Å². The van der Waals surface area contributed by atoms with Gasteiger partial charge in [0, 0.05) is 18.8 Å². The summed E-state index contributed by atoms with van der Waals surface area (Å²) in [6, 6.07) is 0. The smallest absolute Gasteiger partial charge is 0.156 e. The lowest BCUT2D eigenvalue weighted by atomic mass is 9.89. The van der Waals surface area contributed by atoms with Crippen LogP contribution in [0.4, 0.5) is 0 Å². The third kappa shape index (κ3) is 3.66. The summed E-state index contributed by atoms with van der Waals surface area (Å²) in [7, 11) is 0. The first-order valence-electron chi connectivity index (χ1n) is 7.89. The number of hydrogen-bond donors (Lipinski definition) is 1. The molecule has 1 heterocycles. The zero-order valence-corrected chi connectivity index (χ0v) is 12.6. The number of nitrogens with zero attached hydrogens (tertiary/aromatic N) is 1. The molecule has 3 nitrogen and oxygen atoms in total. The Labute approximate surface area is 121 Å². The van der Waals surface area contributed by atoms with E-state index in [4.69, 9.17) is 9.73 Å². The molecule has 0 saturated heterocycles. The first kappa shape index (κ1) is 13.7. The minimum atomic E-state index is 0.532. The molecule has 4 heteroatoms. The highest BCUT2D eigenvalue weighted by Crippen LogP contribution is 2.43. The molecule has 0 aromatic rings. The average Bonchev–Trinajstić information content (AvgIpc) is 3.09. The van der Waals surface area contributed by atoms with Crippen molar-refractivity contribution in [3.05, 3.63) is 0 Å². The lowest BCUT2D eigenvalue weighted by Crippen LogP contribution is -2.35. The molecule has 0 aromatic heterocycles. The third-order valence-electron chi connectivity index (χ3n) is 4.77. The summed E-state index contributed by atoms with van der Waals surface area (Å²) in [5.41, 5.74) is 0.552. The van der Waals surface area contributed by atoms with Crippen molar-refractivity contribution in [3.8, 4) is 0 Å². The highest BCUT2D eigenvalue weighted by Gasteiger charge is 2.36. The number of amidine groups is 1. The van der Waals surface area contributed by atoms with E-state index in [-0.39, 0.29) is 0 Å². The summed E-state index contributed by atoms with van der Waals surface area (Å²) < 4.78 is 5.86. The lowest BCUT2D eigenvalue weighted by Gasteiger charge is -2.31. The van der Waals surface area contributed by atoms with Crippen LogP contribution in [0.1, 0.15) is 51.4 Å². The van der Waals surface area contributed by atoms with Gasteiger partial charge < -0.3 is 10.1 Å². The van der Waals surface area contributed by atoms with Gasteiger partial charge in [-0.05, 0) is 31.1 Å². The van der Waals surface area contributed by atoms with Crippen molar-refractivity contribution < 1.29 is 4.74 Å². The predicted octanol–water partition coefficient (Wildman–Crippen LogP) is 3.20. The quantitative estimate of drug-likeness (QED) is 0.804. The van der Waals surface area contributed by atoms with Gasteiger partial charge in [0.25, 0.3) is 0 Å². The molecule has 2 fully saturated rings. The molecule has 0 aromatic carbocycles.